The first kappa shape index (κ1) is 21.3. The number of rotatable bonds is 4. The van der Waals surface area contributed by atoms with E-state index < -0.39 is 6.10 Å². The van der Waals surface area contributed by atoms with Gasteiger partial charge < -0.3 is 24.2 Å². The molecule has 2 aromatic carbocycles. The van der Waals surface area contributed by atoms with E-state index in [4.69, 9.17) is 9.47 Å². The molecule has 0 spiro atoms. The van der Waals surface area contributed by atoms with Gasteiger partial charge in [0, 0.05) is 51.3 Å². The summed E-state index contributed by atoms with van der Waals surface area (Å²) in [5.41, 5.74) is 1.57. The highest BCUT2D eigenvalue weighted by atomic mass is 16.6. The van der Waals surface area contributed by atoms with Crippen LogP contribution >= 0.6 is 0 Å². The third-order valence-corrected chi connectivity index (χ3v) is 6.38. The third-order valence-electron chi connectivity index (χ3n) is 6.38. The average molecular weight is 450 g/mol. The zero-order valence-corrected chi connectivity index (χ0v) is 18.4. The number of para-hydroxylation sites is 2. The van der Waals surface area contributed by atoms with Gasteiger partial charge in [-0.05, 0) is 36.2 Å². The van der Waals surface area contributed by atoms with E-state index in [0.717, 1.165) is 18.5 Å². The van der Waals surface area contributed by atoms with Gasteiger partial charge in [0.2, 0.25) is 12.0 Å². The van der Waals surface area contributed by atoms with Gasteiger partial charge in [-0.1, -0.05) is 24.3 Å². The van der Waals surface area contributed by atoms with Gasteiger partial charge in [-0.25, -0.2) is 0 Å². The minimum Gasteiger partial charge on any atom is -0.485 e. The Bertz CT molecular complexity index is 1060. The summed E-state index contributed by atoms with van der Waals surface area (Å²) >= 11 is 0. The van der Waals surface area contributed by atoms with Crippen LogP contribution in [0.2, 0.25) is 0 Å². The van der Waals surface area contributed by atoms with Crippen molar-refractivity contribution < 1.29 is 23.9 Å². The van der Waals surface area contributed by atoms with E-state index >= 15 is 0 Å². The Morgan fingerprint density at radius 3 is 2.42 bits per heavy atom. The van der Waals surface area contributed by atoms with Gasteiger partial charge in [0.1, 0.15) is 6.61 Å². The maximum absolute atomic E-state index is 13.1. The van der Waals surface area contributed by atoms with E-state index in [1.54, 1.807) is 21.9 Å². The van der Waals surface area contributed by atoms with Crippen molar-refractivity contribution in [3.8, 4) is 11.5 Å². The van der Waals surface area contributed by atoms with Gasteiger partial charge in [-0.2, -0.15) is 0 Å². The van der Waals surface area contributed by atoms with Crippen LogP contribution in [0.1, 0.15) is 28.8 Å². The smallest absolute Gasteiger partial charge is 0.267 e. The zero-order chi connectivity index (χ0) is 22.8. The lowest BCUT2D eigenvalue weighted by atomic mass is 10.1. The first-order valence-electron chi connectivity index (χ1n) is 11.4. The quantitative estimate of drug-likeness (QED) is 0.713. The molecule has 2 fully saturated rings. The van der Waals surface area contributed by atoms with Crippen molar-refractivity contribution in [3.05, 3.63) is 59.7 Å². The first-order chi connectivity index (χ1) is 16.1. The summed E-state index contributed by atoms with van der Waals surface area (Å²) in [4.78, 5) is 43.3. The summed E-state index contributed by atoms with van der Waals surface area (Å²) < 4.78 is 11.5. The molecule has 8 nitrogen and oxygen atoms in total. The van der Waals surface area contributed by atoms with Crippen LogP contribution in [0.3, 0.4) is 0 Å². The topological polar surface area (TPSA) is 79.4 Å². The van der Waals surface area contributed by atoms with Crippen molar-refractivity contribution in [2.24, 2.45) is 0 Å². The molecule has 0 saturated carbocycles. The Morgan fingerprint density at radius 2 is 1.67 bits per heavy atom. The Balaban J connectivity index is 1.17. The number of amides is 3. The van der Waals surface area contributed by atoms with Crippen LogP contribution in [0.4, 0.5) is 0 Å². The molecule has 2 saturated heterocycles. The van der Waals surface area contributed by atoms with Crippen LogP contribution < -0.4 is 9.47 Å². The number of piperazine rings is 1. The number of nitrogens with zero attached hydrogens (tertiary/aromatic N) is 3. The van der Waals surface area contributed by atoms with Crippen molar-refractivity contribution >= 4 is 17.7 Å². The van der Waals surface area contributed by atoms with Crippen LogP contribution in [0.15, 0.2) is 48.5 Å². The maximum atomic E-state index is 13.1. The molecule has 33 heavy (non-hydrogen) atoms. The van der Waals surface area contributed by atoms with E-state index in [0.29, 0.717) is 56.2 Å². The van der Waals surface area contributed by atoms with Crippen LogP contribution in [0, 0.1) is 0 Å². The second kappa shape index (κ2) is 9.13. The molecule has 3 aliphatic heterocycles. The number of fused-ring (bicyclic) bond motifs is 1. The summed E-state index contributed by atoms with van der Waals surface area (Å²) in [6.45, 7) is 3.32. The van der Waals surface area contributed by atoms with Gasteiger partial charge >= 0.3 is 0 Å². The van der Waals surface area contributed by atoms with Crippen molar-refractivity contribution in [1.82, 2.24) is 14.7 Å². The number of carbonyl (C=O) groups is 3. The molecule has 0 aromatic heterocycles. The standard InChI is InChI=1S/C25H27N3O5/c29-23-9-4-10-28(23)16-18-5-3-6-19(15-18)24(30)26-11-13-27(14-12-26)25(31)22-17-32-20-7-1-2-8-21(20)33-22/h1-3,5-8,15,22H,4,9-14,16-17H2. The largest absolute Gasteiger partial charge is 0.485 e. The molecule has 3 amide bonds. The fourth-order valence-electron chi connectivity index (χ4n) is 4.55. The number of hydrogen-bond donors (Lipinski definition) is 0. The fourth-order valence-corrected chi connectivity index (χ4v) is 4.55. The van der Waals surface area contributed by atoms with Gasteiger partial charge in [0.25, 0.3) is 11.8 Å². The molecule has 3 aliphatic rings. The van der Waals surface area contributed by atoms with Crippen LogP contribution in [-0.2, 0) is 16.1 Å². The minimum atomic E-state index is -0.674. The van der Waals surface area contributed by atoms with E-state index in [2.05, 4.69) is 0 Å². The summed E-state index contributed by atoms with van der Waals surface area (Å²) in [6.07, 6.45) is 0.823. The zero-order valence-electron chi connectivity index (χ0n) is 18.4. The molecule has 8 heteroatoms. The predicted molar refractivity (Wildman–Crippen MR) is 120 cm³/mol. The molecule has 1 unspecified atom stereocenters. The lowest BCUT2D eigenvalue weighted by Gasteiger charge is -2.37. The van der Waals surface area contributed by atoms with Crippen molar-refractivity contribution in [3.63, 3.8) is 0 Å². The highest BCUT2D eigenvalue weighted by molar-refractivity contribution is 5.94. The van der Waals surface area contributed by atoms with E-state index in [1.165, 1.54) is 0 Å². The lowest BCUT2D eigenvalue weighted by molar-refractivity contribution is -0.142. The molecule has 1 atom stereocenters. The number of benzene rings is 2. The maximum Gasteiger partial charge on any atom is 0.267 e. The Kier molecular flexibility index (Phi) is 5.90. The monoisotopic (exact) mass is 449 g/mol. The molecule has 0 aliphatic carbocycles. The average Bonchev–Trinajstić information content (AvgIpc) is 3.27. The van der Waals surface area contributed by atoms with Crippen LogP contribution in [-0.4, -0.2) is 77.9 Å². The highest BCUT2D eigenvalue weighted by Crippen LogP contribution is 2.31. The molecule has 3 heterocycles. The molecular weight excluding hydrogens is 422 g/mol. The lowest BCUT2D eigenvalue weighted by Crippen LogP contribution is -2.55. The molecular formula is C25H27N3O5. The number of likely N-dealkylation sites (tertiary alicyclic amines) is 1. The van der Waals surface area contributed by atoms with E-state index in [-0.39, 0.29) is 24.3 Å². The van der Waals surface area contributed by atoms with Gasteiger partial charge in [0.15, 0.2) is 11.5 Å². The summed E-state index contributed by atoms with van der Waals surface area (Å²) in [5.74, 6) is 1.22. The minimum absolute atomic E-state index is 0.0529. The Morgan fingerprint density at radius 1 is 0.909 bits per heavy atom. The highest BCUT2D eigenvalue weighted by Gasteiger charge is 2.33. The molecule has 0 N–H and O–H groups in total. The third kappa shape index (κ3) is 4.51. The predicted octanol–water partition coefficient (Wildman–Crippen LogP) is 1.93. The van der Waals surface area contributed by atoms with Crippen molar-refractivity contribution in [2.75, 3.05) is 39.3 Å². The fraction of sp³-hybridized carbons (Fsp3) is 0.400. The first-order valence-corrected chi connectivity index (χ1v) is 11.4. The number of carbonyl (C=O) groups excluding carboxylic acids is 3. The van der Waals surface area contributed by atoms with Crippen molar-refractivity contribution in [1.29, 1.82) is 0 Å². The second-order valence-electron chi connectivity index (χ2n) is 8.60. The van der Waals surface area contributed by atoms with Crippen molar-refractivity contribution in [2.45, 2.75) is 25.5 Å². The van der Waals surface area contributed by atoms with Crippen LogP contribution in [0.25, 0.3) is 0 Å². The molecule has 0 bridgehead atoms. The van der Waals surface area contributed by atoms with Crippen LogP contribution in [0.5, 0.6) is 11.5 Å². The Labute approximate surface area is 192 Å². The molecule has 0 radical (unpaired) electrons. The molecule has 172 valence electrons. The SMILES string of the molecule is O=C1CCCN1Cc1cccc(C(=O)N2CCN(C(=O)C3COc4ccccc4O3)CC2)c1. The normalized spacial score (nSPS) is 20.2. The summed E-state index contributed by atoms with van der Waals surface area (Å²) in [7, 11) is 0. The van der Waals surface area contributed by atoms with Gasteiger partial charge in [-0.3, -0.25) is 14.4 Å². The van der Waals surface area contributed by atoms with E-state index in [1.807, 2.05) is 41.3 Å². The second-order valence-corrected chi connectivity index (χ2v) is 8.60. The Hall–Kier alpha value is -3.55. The number of hydrogen-bond acceptors (Lipinski definition) is 5. The van der Waals surface area contributed by atoms with Gasteiger partial charge in [-0.15, -0.1) is 0 Å². The summed E-state index contributed by atoms with van der Waals surface area (Å²) in [6, 6.07) is 14.8. The number of ether oxygens (including phenoxy) is 2. The summed E-state index contributed by atoms with van der Waals surface area (Å²) in [5, 5.41) is 0. The molecule has 2 aromatic rings. The molecule has 5 rings (SSSR count). The van der Waals surface area contributed by atoms with Gasteiger partial charge in [0.05, 0.1) is 0 Å². The van der Waals surface area contributed by atoms with E-state index in [9.17, 15) is 14.4 Å².